The van der Waals surface area contributed by atoms with Gasteiger partial charge in [0, 0.05) is 37.1 Å². The molecule has 1 fully saturated rings. The third-order valence-electron chi connectivity index (χ3n) is 3.63. The monoisotopic (exact) mass is 248 g/mol. The van der Waals surface area contributed by atoms with Crippen LogP contribution in [0.15, 0.2) is 28.9 Å². The number of hydrogen-bond acceptors (Lipinski definition) is 3. The van der Waals surface area contributed by atoms with E-state index in [1.807, 2.05) is 6.07 Å². The lowest BCUT2D eigenvalue weighted by Crippen LogP contribution is -2.51. The van der Waals surface area contributed by atoms with Gasteiger partial charge >= 0.3 is 0 Å². The smallest absolute Gasteiger partial charge is 0.157 e. The molecule has 0 radical (unpaired) electrons. The zero-order valence-corrected chi connectivity index (χ0v) is 10.4. The van der Waals surface area contributed by atoms with Crippen molar-refractivity contribution < 1.29 is 8.81 Å². The standard InChI is InChI=1S/C14H17FN2O/c1-2-12-9-16-4-5-17(12)13-8-11(15)7-10-3-6-18-14(10)13/h3,6-8,12,16H,2,4-5,9H2,1H3/t12-/m0/s1. The predicted octanol–water partition coefficient (Wildman–Crippen LogP) is 2.76. The van der Waals surface area contributed by atoms with Crippen LogP contribution in [0.3, 0.4) is 0 Å². The van der Waals surface area contributed by atoms with Crippen molar-refractivity contribution in [3.05, 3.63) is 30.3 Å². The topological polar surface area (TPSA) is 28.4 Å². The average molecular weight is 248 g/mol. The number of hydrogen-bond donors (Lipinski definition) is 1. The molecule has 1 aromatic carbocycles. The van der Waals surface area contributed by atoms with Gasteiger partial charge in [-0.1, -0.05) is 6.92 Å². The molecular formula is C14H17FN2O. The first kappa shape index (κ1) is 11.5. The van der Waals surface area contributed by atoms with E-state index in [4.69, 9.17) is 4.42 Å². The summed E-state index contributed by atoms with van der Waals surface area (Å²) in [5, 5.41) is 4.21. The van der Waals surface area contributed by atoms with Gasteiger partial charge in [0.25, 0.3) is 0 Å². The molecule has 1 aliphatic heterocycles. The molecule has 96 valence electrons. The molecule has 0 unspecified atom stereocenters. The molecule has 0 spiro atoms. The first-order valence-corrected chi connectivity index (χ1v) is 6.43. The van der Waals surface area contributed by atoms with Crippen LogP contribution in [0.4, 0.5) is 10.1 Å². The van der Waals surface area contributed by atoms with Gasteiger partial charge in [-0.25, -0.2) is 4.39 Å². The Morgan fingerprint density at radius 3 is 3.22 bits per heavy atom. The van der Waals surface area contributed by atoms with Gasteiger partial charge in [0.05, 0.1) is 12.0 Å². The minimum Gasteiger partial charge on any atom is -0.462 e. The number of benzene rings is 1. The molecule has 0 bridgehead atoms. The Kier molecular flexibility index (Phi) is 2.96. The van der Waals surface area contributed by atoms with E-state index in [1.165, 1.54) is 6.07 Å². The molecule has 2 aromatic rings. The normalized spacial score (nSPS) is 20.6. The predicted molar refractivity (Wildman–Crippen MR) is 70.5 cm³/mol. The lowest BCUT2D eigenvalue weighted by molar-refractivity contribution is 0.464. The summed E-state index contributed by atoms with van der Waals surface area (Å²) in [6.07, 6.45) is 2.66. The van der Waals surface area contributed by atoms with Crippen LogP contribution in [0.2, 0.25) is 0 Å². The summed E-state index contributed by atoms with van der Waals surface area (Å²) in [6, 6.07) is 5.31. The fraction of sp³-hybridized carbons (Fsp3) is 0.429. The second-order valence-electron chi connectivity index (χ2n) is 4.72. The molecule has 3 rings (SSSR count). The Labute approximate surface area is 106 Å². The van der Waals surface area contributed by atoms with E-state index in [2.05, 4.69) is 17.1 Å². The van der Waals surface area contributed by atoms with Crippen molar-refractivity contribution in [3.63, 3.8) is 0 Å². The van der Waals surface area contributed by atoms with Gasteiger partial charge < -0.3 is 14.6 Å². The molecule has 1 aliphatic rings. The summed E-state index contributed by atoms with van der Waals surface area (Å²) < 4.78 is 19.2. The molecule has 18 heavy (non-hydrogen) atoms. The van der Waals surface area contributed by atoms with Crippen molar-refractivity contribution in [1.82, 2.24) is 5.32 Å². The fourth-order valence-corrected chi connectivity index (χ4v) is 2.68. The van der Waals surface area contributed by atoms with E-state index in [-0.39, 0.29) is 5.82 Å². The minimum absolute atomic E-state index is 0.202. The van der Waals surface area contributed by atoms with Crippen LogP contribution in [-0.4, -0.2) is 25.7 Å². The van der Waals surface area contributed by atoms with Gasteiger partial charge in [0.15, 0.2) is 5.58 Å². The highest BCUT2D eigenvalue weighted by Crippen LogP contribution is 2.31. The summed E-state index contributed by atoms with van der Waals surface area (Å²) in [5.74, 6) is -0.202. The molecule has 0 amide bonds. The number of halogens is 1. The van der Waals surface area contributed by atoms with Crippen LogP contribution in [0.25, 0.3) is 11.0 Å². The molecule has 0 aliphatic carbocycles. The zero-order valence-electron chi connectivity index (χ0n) is 10.4. The Morgan fingerprint density at radius 2 is 2.39 bits per heavy atom. The van der Waals surface area contributed by atoms with Crippen LogP contribution in [0, 0.1) is 5.82 Å². The third-order valence-corrected chi connectivity index (χ3v) is 3.63. The van der Waals surface area contributed by atoms with Gasteiger partial charge in [-0.2, -0.15) is 0 Å². The largest absolute Gasteiger partial charge is 0.462 e. The Morgan fingerprint density at radius 1 is 1.50 bits per heavy atom. The second-order valence-corrected chi connectivity index (χ2v) is 4.72. The summed E-state index contributed by atoms with van der Waals surface area (Å²) in [6.45, 7) is 4.91. The second kappa shape index (κ2) is 4.61. The van der Waals surface area contributed by atoms with Crippen molar-refractivity contribution in [1.29, 1.82) is 0 Å². The summed E-state index contributed by atoms with van der Waals surface area (Å²) in [4.78, 5) is 2.26. The molecule has 1 aromatic heterocycles. The molecule has 3 nitrogen and oxygen atoms in total. The molecular weight excluding hydrogens is 231 g/mol. The van der Waals surface area contributed by atoms with Crippen molar-refractivity contribution in [2.45, 2.75) is 19.4 Å². The molecule has 1 saturated heterocycles. The molecule has 1 atom stereocenters. The highest BCUT2D eigenvalue weighted by molar-refractivity contribution is 5.89. The summed E-state index contributed by atoms with van der Waals surface area (Å²) >= 11 is 0. The zero-order chi connectivity index (χ0) is 12.5. The lowest BCUT2D eigenvalue weighted by atomic mass is 10.1. The van der Waals surface area contributed by atoms with Crippen molar-refractivity contribution >= 4 is 16.7 Å². The van der Waals surface area contributed by atoms with Crippen LogP contribution in [-0.2, 0) is 0 Å². The molecule has 0 saturated carbocycles. The first-order valence-electron chi connectivity index (χ1n) is 6.43. The van der Waals surface area contributed by atoms with Crippen molar-refractivity contribution in [3.8, 4) is 0 Å². The Hall–Kier alpha value is -1.55. The van der Waals surface area contributed by atoms with Gasteiger partial charge in [-0.3, -0.25) is 0 Å². The van der Waals surface area contributed by atoms with Gasteiger partial charge in [-0.05, 0) is 18.6 Å². The molecule has 4 heteroatoms. The van der Waals surface area contributed by atoms with Crippen LogP contribution in [0.5, 0.6) is 0 Å². The Balaban J connectivity index is 2.08. The maximum absolute atomic E-state index is 13.7. The number of nitrogens with zero attached hydrogens (tertiary/aromatic N) is 1. The maximum Gasteiger partial charge on any atom is 0.157 e. The van der Waals surface area contributed by atoms with Crippen molar-refractivity contribution in [2.24, 2.45) is 0 Å². The van der Waals surface area contributed by atoms with Gasteiger partial charge in [-0.15, -0.1) is 0 Å². The van der Waals surface area contributed by atoms with E-state index >= 15 is 0 Å². The number of piperazine rings is 1. The number of rotatable bonds is 2. The van der Waals surface area contributed by atoms with E-state index < -0.39 is 0 Å². The fourth-order valence-electron chi connectivity index (χ4n) is 2.68. The van der Waals surface area contributed by atoms with Crippen molar-refractivity contribution in [2.75, 3.05) is 24.5 Å². The van der Waals surface area contributed by atoms with E-state index in [0.717, 1.165) is 42.7 Å². The third kappa shape index (κ3) is 1.86. The average Bonchev–Trinajstić information content (AvgIpc) is 2.85. The summed E-state index contributed by atoms with van der Waals surface area (Å²) in [5.41, 5.74) is 1.67. The van der Waals surface area contributed by atoms with Crippen LogP contribution in [0.1, 0.15) is 13.3 Å². The number of fused-ring (bicyclic) bond motifs is 1. The number of nitrogens with one attached hydrogen (secondary N) is 1. The van der Waals surface area contributed by atoms with Gasteiger partial charge in [0.2, 0.25) is 0 Å². The first-order chi connectivity index (χ1) is 8.79. The maximum atomic E-state index is 13.7. The van der Waals surface area contributed by atoms with Crippen LogP contribution >= 0.6 is 0 Å². The summed E-state index contributed by atoms with van der Waals surface area (Å²) in [7, 11) is 0. The van der Waals surface area contributed by atoms with E-state index in [9.17, 15) is 4.39 Å². The van der Waals surface area contributed by atoms with E-state index in [1.54, 1.807) is 12.3 Å². The SMILES string of the molecule is CC[C@H]1CNCCN1c1cc(F)cc2ccoc12. The van der Waals surface area contributed by atoms with Crippen LogP contribution < -0.4 is 10.2 Å². The van der Waals surface area contributed by atoms with Gasteiger partial charge in [0.1, 0.15) is 5.82 Å². The highest BCUT2D eigenvalue weighted by atomic mass is 19.1. The molecule has 2 heterocycles. The minimum atomic E-state index is -0.202. The lowest BCUT2D eigenvalue weighted by Gasteiger charge is -2.37. The number of anilines is 1. The van der Waals surface area contributed by atoms with E-state index in [0.29, 0.717) is 6.04 Å². The molecule has 1 N–H and O–H groups in total. The quantitative estimate of drug-likeness (QED) is 0.885. The number of furan rings is 1. The highest BCUT2D eigenvalue weighted by Gasteiger charge is 2.23. The Bertz CT molecular complexity index is 552.